The van der Waals surface area contributed by atoms with Crippen LogP contribution in [0.1, 0.15) is 37.2 Å². The molecule has 2 aliphatic rings. The monoisotopic (exact) mass is 424 g/mol. The summed E-state index contributed by atoms with van der Waals surface area (Å²) in [6.45, 7) is 0. The van der Waals surface area contributed by atoms with Crippen molar-refractivity contribution >= 4 is 28.5 Å². The van der Waals surface area contributed by atoms with Crippen LogP contribution in [0.3, 0.4) is 0 Å². The predicted molar refractivity (Wildman–Crippen MR) is 114 cm³/mol. The average Bonchev–Trinajstić information content (AvgIpc) is 3.56. The van der Waals surface area contributed by atoms with Crippen molar-refractivity contribution < 1.29 is 18.7 Å². The van der Waals surface area contributed by atoms with E-state index in [1.807, 2.05) is 12.1 Å². The highest BCUT2D eigenvalue weighted by atomic mass is 35.5. The van der Waals surface area contributed by atoms with Gasteiger partial charge >= 0.3 is 5.97 Å². The Morgan fingerprint density at radius 2 is 1.93 bits per heavy atom. The first-order valence-corrected chi connectivity index (χ1v) is 10.5. The van der Waals surface area contributed by atoms with Crippen LogP contribution in [0.25, 0.3) is 22.3 Å². The third-order valence-corrected chi connectivity index (χ3v) is 6.25. The van der Waals surface area contributed by atoms with Crippen molar-refractivity contribution in [2.45, 2.75) is 37.7 Å². The van der Waals surface area contributed by atoms with E-state index in [9.17, 15) is 9.59 Å². The molecule has 0 N–H and O–H groups in total. The summed E-state index contributed by atoms with van der Waals surface area (Å²) in [5, 5.41) is 0.840. The maximum Gasteiger partial charge on any atom is 0.308 e. The van der Waals surface area contributed by atoms with Gasteiger partial charge in [0.15, 0.2) is 11.0 Å². The molecule has 0 amide bonds. The van der Waals surface area contributed by atoms with Crippen molar-refractivity contribution in [1.82, 2.24) is 0 Å². The lowest BCUT2D eigenvalue weighted by Gasteiger charge is -2.34. The zero-order valence-corrected chi connectivity index (χ0v) is 17.3. The molecule has 2 fully saturated rings. The van der Waals surface area contributed by atoms with Gasteiger partial charge in [0.1, 0.15) is 17.6 Å². The van der Waals surface area contributed by atoms with Gasteiger partial charge in [-0.25, -0.2) is 0 Å². The van der Waals surface area contributed by atoms with Gasteiger partial charge < -0.3 is 13.9 Å². The van der Waals surface area contributed by atoms with Crippen molar-refractivity contribution in [3.63, 3.8) is 0 Å². The predicted octanol–water partition coefficient (Wildman–Crippen LogP) is 5.32. The third-order valence-electron chi connectivity index (χ3n) is 5.95. The van der Waals surface area contributed by atoms with Gasteiger partial charge in [-0.3, -0.25) is 9.59 Å². The summed E-state index contributed by atoms with van der Waals surface area (Å²) in [4.78, 5) is 24.3. The Morgan fingerprint density at radius 1 is 1.13 bits per heavy atom. The number of hydrogen-bond acceptors (Lipinski definition) is 5. The average molecular weight is 425 g/mol. The van der Waals surface area contributed by atoms with Crippen molar-refractivity contribution in [3.05, 3.63) is 63.3 Å². The molecule has 5 nitrogen and oxygen atoms in total. The number of methoxy groups -OCH3 is 1. The number of carbonyl (C=O) groups is 1. The summed E-state index contributed by atoms with van der Waals surface area (Å²) in [6, 6.07) is 12.7. The fourth-order valence-electron chi connectivity index (χ4n) is 3.99. The highest BCUT2D eigenvalue weighted by Crippen LogP contribution is 2.44. The largest absolute Gasteiger partial charge is 0.490 e. The number of benzene rings is 2. The van der Waals surface area contributed by atoms with E-state index in [0.29, 0.717) is 51.8 Å². The van der Waals surface area contributed by atoms with E-state index in [2.05, 4.69) is 6.07 Å². The summed E-state index contributed by atoms with van der Waals surface area (Å²) in [7, 11) is 1.40. The molecule has 2 aromatic carbocycles. The number of esters is 1. The van der Waals surface area contributed by atoms with Gasteiger partial charge in [-0.15, -0.1) is 0 Å². The normalized spacial score (nSPS) is 20.6. The molecule has 0 unspecified atom stereocenters. The van der Waals surface area contributed by atoms with E-state index in [1.54, 1.807) is 18.2 Å². The molecule has 2 saturated carbocycles. The Labute approximate surface area is 178 Å². The molecule has 3 aromatic rings. The molecule has 0 atom stereocenters. The second-order valence-corrected chi connectivity index (χ2v) is 8.46. The maximum absolute atomic E-state index is 12.7. The molecule has 0 spiro atoms. The topological polar surface area (TPSA) is 65.7 Å². The van der Waals surface area contributed by atoms with Gasteiger partial charge in [0.2, 0.25) is 0 Å². The lowest BCUT2D eigenvalue weighted by atomic mass is 9.82. The molecule has 5 rings (SSSR count). The molecular weight excluding hydrogens is 404 g/mol. The second kappa shape index (κ2) is 7.47. The third kappa shape index (κ3) is 3.47. The van der Waals surface area contributed by atoms with Crippen LogP contribution in [0, 0.1) is 5.92 Å². The number of rotatable bonds is 5. The van der Waals surface area contributed by atoms with E-state index in [1.165, 1.54) is 31.6 Å². The lowest BCUT2D eigenvalue weighted by molar-refractivity contribution is -0.151. The van der Waals surface area contributed by atoms with Crippen LogP contribution in [0.4, 0.5) is 0 Å². The summed E-state index contributed by atoms with van der Waals surface area (Å²) >= 11 is 6.27. The molecule has 1 heterocycles. The Kier molecular flexibility index (Phi) is 4.78. The Balaban J connectivity index is 1.52. The number of ether oxygens (including phenoxy) is 2. The van der Waals surface area contributed by atoms with E-state index in [0.717, 1.165) is 0 Å². The fraction of sp³-hybridized carbons (Fsp3) is 0.333. The maximum atomic E-state index is 12.7. The number of hydrogen-bond donors (Lipinski definition) is 0. The molecule has 0 saturated heterocycles. The van der Waals surface area contributed by atoms with Gasteiger partial charge in [-0.1, -0.05) is 23.7 Å². The quantitative estimate of drug-likeness (QED) is 0.518. The van der Waals surface area contributed by atoms with Crippen molar-refractivity contribution in [1.29, 1.82) is 0 Å². The molecule has 30 heavy (non-hydrogen) atoms. The van der Waals surface area contributed by atoms with Crippen LogP contribution in [0.15, 0.2) is 51.7 Å². The minimum atomic E-state index is -0.197. The lowest BCUT2D eigenvalue weighted by Crippen LogP contribution is -2.38. The van der Waals surface area contributed by atoms with Gasteiger partial charge in [0.05, 0.1) is 29.0 Å². The Bertz CT molecular complexity index is 1190. The van der Waals surface area contributed by atoms with Crippen LogP contribution >= 0.6 is 11.6 Å². The number of fused-ring (bicyclic) bond motifs is 1. The standard InChI is InChI=1S/C24H21ClO5/c1-28-24(27)15-9-16(10-15)29-21-11-14(13-5-6-13)7-8-18(21)22-12-20(26)17-3-2-4-19(25)23(17)30-22/h2-4,7-8,11-13,15-16H,5-6,9-10H2,1H3. The summed E-state index contributed by atoms with van der Waals surface area (Å²) < 4.78 is 17.1. The van der Waals surface area contributed by atoms with Gasteiger partial charge in [0, 0.05) is 6.07 Å². The summed E-state index contributed by atoms with van der Waals surface area (Å²) in [6.07, 6.45) is 3.51. The minimum absolute atomic E-state index is 0.0712. The summed E-state index contributed by atoms with van der Waals surface area (Å²) in [5.41, 5.74) is 2.15. The van der Waals surface area contributed by atoms with E-state index >= 15 is 0 Å². The second-order valence-electron chi connectivity index (χ2n) is 8.05. The SMILES string of the molecule is COC(=O)C1CC(Oc2cc(C3CC3)ccc2-c2cc(=O)c3cccc(Cl)c3o2)C1. The van der Waals surface area contributed by atoms with Gasteiger partial charge in [-0.05, 0) is 61.4 Å². The fourth-order valence-corrected chi connectivity index (χ4v) is 4.20. The van der Waals surface area contributed by atoms with E-state index in [-0.39, 0.29) is 23.4 Å². The molecule has 0 radical (unpaired) electrons. The Morgan fingerprint density at radius 3 is 2.67 bits per heavy atom. The number of para-hydroxylation sites is 1. The minimum Gasteiger partial charge on any atom is -0.490 e. The molecule has 0 bridgehead atoms. The van der Waals surface area contributed by atoms with Crippen LogP contribution in [-0.4, -0.2) is 19.2 Å². The smallest absolute Gasteiger partial charge is 0.308 e. The van der Waals surface area contributed by atoms with E-state index < -0.39 is 0 Å². The van der Waals surface area contributed by atoms with Crippen LogP contribution in [-0.2, 0) is 9.53 Å². The Hall–Kier alpha value is -2.79. The molecule has 2 aliphatic carbocycles. The van der Waals surface area contributed by atoms with Crippen LogP contribution < -0.4 is 10.2 Å². The molecule has 1 aromatic heterocycles. The van der Waals surface area contributed by atoms with Crippen molar-refractivity contribution in [2.75, 3.05) is 7.11 Å². The van der Waals surface area contributed by atoms with Gasteiger partial charge in [-0.2, -0.15) is 0 Å². The zero-order valence-electron chi connectivity index (χ0n) is 16.5. The molecule has 154 valence electrons. The first kappa shape index (κ1) is 19.2. The number of halogens is 1. The highest BCUT2D eigenvalue weighted by Gasteiger charge is 2.37. The first-order valence-electron chi connectivity index (χ1n) is 10.1. The van der Waals surface area contributed by atoms with E-state index in [4.69, 9.17) is 25.5 Å². The van der Waals surface area contributed by atoms with Gasteiger partial charge in [0.25, 0.3) is 0 Å². The highest BCUT2D eigenvalue weighted by molar-refractivity contribution is 6.34. The zero-order chi connectivity index (χ0) is 20.8. The van der Waals surface area contributed by atoms with Crippen LogP contribution in [0.5, 0.6) is 5.75 Å². The molecule has 6 heteroatoms. The first-order chi connectivity index (χ1) is 14.5. The molecular formula is C24H21ClO5. The summed E-state index contributed by atoms with van der Waals surface area (Å²) in [5.74, 6) is 1.33. The number of carbonyl (C=O) groups excluding carboxylic acids is 1. The van der Waals surface area contributed by atoms with Crippen LogP contribution in [0.2, 0.25) is 5.02 Å². The van der Waals surface area contributed by atoms with Crippen molar-refractivity contribution in [3.8, 4) is 17.1 Å². The van der Waals surface area contributed by atoms with Crippen molar-refractivity contribution in [2.24, 2.45) is 5.92 Å². The molecule has 0 aliphatic heterocycles.